The molecule has 0 aliphatic heterocycles. The Labute approximate surface area is 157 Å². The molecule has 2 saturated carbocycles. The lowest BCUT2D eigenvalue weighted by molar-refractivity contribution is -0.137. The lowest BCUT2D eigenvalue weighted by Gasteiger charge is -2.45. The Morgan fingerprint density at radius 1 is 0.640 bits per heavy atom. The van der Waals surface area contributed by atoms with E-state index < -0.39 is 0 Å². The second-order valence-electron chi connectivity index (χ2n) is 8.44. The van der Waals surface area contributed by atoms with Gasteiger partial charge in [-0.2, -0.15) is 0 Å². The van der Waals surface area contributed by atoms with Gasteiger partial charge in [0.05, 0.1) is 11.2 Å². The average Bonchev–Trinajstić information content (AvgIpc) is 2.64. The standard InChI is InChI=1S/C24H42O/c1-3-5-7-11-17-23(19-13-9-14-20-23)25-24(18-12-8-6-4-2)21-15-10-16-22-24/h11-12,17-18H,3-10,13-16,19-22H2,1-2H3. The van der Waals surface area contributed by atoms with Gasteiger partial charge in [0.1, 0.15) is 0 Å². The molecule has 0 aromatic heterocycles. The maximum atomic E-state index is 7.09. The van der Waals surface area contributed by atoms with Crippen molar-refractivity contribution in [3.63, 3.8) is 0 Å². The fourth-order valence-electron chi connectivity index (χ4n) is 4.55. The lowest BCUT2D eigenvalue weighted by atomic mass is 9.79. The van der Waals surface area contributed by atoms with Crippen molar-refractivity contribution in [2.75, 3.05) is 0 Å². The molecule has 0 aromatic carbocycles. The summed E-state index contributed by atoms with van der Waals surface area (Å²) in [5, 5.41) is 0. The maximum Gasteiger partial charge on any atom is 0.0874 e. The molecular weight excluding hydrogens is 304 g/mol. The topological polar surface area (TPSA) is 9.23 Å². The van der Waals surface area contributed by atoms with Crippen LogP contribution in [0.3, 0.4) is 0 Å². The Morgan fingerprint density at radius 2 is 1.04 bits per heavy atom. The molecule has 0 atom stereocenters. The van der Waals surface area contributed by atoms with E-state index in [2.05, 4.69) is 38.2 Å². The third-order valence-corrected chi connectivity index (χ3v) is 6.10. The number of hydrogen-bond donors (Lipinski definition) is 0. The van der Waals surface area contributed by atoms with E-state index in [1.807, 2.05) is 0 Å². The van der Waals surface area contributed by atoms with Gasteiger partial charge in [-0.05, 0) is 38.5 Å². The fourth-order valence-corrected chi connectivity index (χ4v) is 4.55. The first kappa shape index (κ1) is 20.7. The summed E-state index contributed by atoms with van der Waals surface area (Å²) in [4.78, 5) is 0. The summed E-state index contributed by atoms with van der Waals surface area (Å²) >= 11 is 0. The first-order chi connectivity index (χ1) is 12.2. The molecule has 0 N–H and O–H groups in total. The molecule has 0 spiro atoms. The molecule has 2 aliphatic carbocycles. The van der Waals surface area contributed by atoms with Crippen molar-refractivity contribution in [3.8, 4) is 0 Å². The minimum atomic E-state index is 0.0123. The van der Waals surface area contributed by atoms with Crippen LogP contribution in [0.5, 0.6) is 0 Å². The van der Waals surface area contributed by atoms with Gasteiger partial charge in [0.15, 0.2) is 0 Å². The van der Waals surface area contributed by atoms with Gasteiger partial charge < -0.3 is 4.74 Å². The van der Waals surface area contributed by atoms with E-state index in [1.165, 1.54) is 103 Å². The molecule has 0 heterocycles. The van der Waals surface area contributed by atoms with Crippen LogP contribution in [-0.4, -0.2) is 11.2 Å². The monoisotopic (exact) mass is 346 g/mol. The summed E-state index contributed by atoms with van der Waals surface area (Å²) in [6.07, 6.45) is 30.3. The van der Waals surface area contributed by atoms with Gasteiger partial charge in [0.2, 0.25) is 0 Å². The minimum absolute atomic E-state index is 0.0123. The Morgan fingerprint density at radius 3 is 1.40 bits per heavy atom. The second kappa shape index (κ2) is 11.2. The van der Waals surface area contributed by atoms with Crippen LogP contribution in [0.4, 0.5) is 0 Å². The highest BCUT2D eigenvalue weighted by atomic mass is 16.5. The molecule has 0 saturated heterocycles. The van der Waals surface area contributed by atoms with E-state index in [0.29, 0.717) is 0 Å². The molecular formula is C24H42O. The average molecular weight is 347 g/mol. The molecule has 2 fully saturated rings. The summed E-state index contributed by atoms with van der Waals surface area (Å²) in [5.41, 5.74) is 0.0247. The zero-order valence-electron chi connectivity index (χ0n) is 17.0. The SMILES string of the molecule is CCCCC=CC1(OC2(C=CCCCC)CCCCC2)CCCCC1. The number of hydrogen-bond acceptors (Lipinski definition) is 1. The van der Waals surface area contributed by atoms with Crippen LogP contribution >= 0.6 is 0 Å². The molecule has 2 aliphatic rings. The van der Waals surface area contributed by atoms with Crippen molar-refractivity contribution in [1.82, 2.24) is 0 Å². The smallest absolute Gasteiger partial charge is 0.0874 e. The molecule has 1 nitrogen and oxygen atoms in total. The molecule has 2 rings (SSSR count). The van der Waals surface area contributed by atoms with Crippen LogP contribution in [-0.2, 0) is 4.74 Å². The second-order valence-corrected chi connectivity index (χ2v) is 8.44. The molecule has 0 aromatic rings. The fraction of sp³-hybridized carbons (Fsp3) is 0.833. The van der Waals surface area contributed by atoms with Crippen molar-refractivity contribution >= 4 is 0 Å². The number of ether oxygens (including phenoxy) is 1. The maximum absolute atomic E-state index is 7.09. The number of allylic oxidation sites excluding steroid dienone is 2. The zero-order valence-corrected chi connectivity index (χ0v) is 17.0. The summed E-state index contributed by atoms with van der Waals surface area (Å²) < 4.78 is 7.09. The minimum Gasteiger partial charge on any atom is -0.360 e. The first-order valence-corrected chi connectivity index (χ1v) is 11.3. The molecule has 0 unspecified atom stereocenters. The van der Waals surface area contributed by atoms with Gasteiger partial charge in [-0.15, -0.1) is 0 Å². The van der Waals surface area contributed by atoms with E-state index in [4.69, 9.17) is 4.74 Å². The molecule has 144 valence electrons. The van der Waals surface area contributed by atoms with Crippen LogP contribution in [0.15, 0.2) is 24.3 Å². The van der Waals surface area contributed by atoms with Crippen LogP contribution < -0.4 is 0 Å². The summed E-state index contributed by atoms with van der Waals surface area (Å²) in [6.45, 7) is 4.55. The van der Waals surface area contributed by atoms with Gasteiger partial charge >= 0.3 is 0 Å². The Bertz CT molecular complexity index is 356. The Kier molecular flexibility index (Phi) is 9.31. The van der Waals surface area contributed by atoms with Crippen LogP contribution in [0.2, 0.25) is 0 Å². The van der Waals surface area contributed by atoms with E-state index in [9.17, 15) is 0 Å². The third kappa shape index (κ3) is 6.93. The van der Waals surface area contributed by atoms with Crippen molar-refractivity contribution in [3.05, 3.63) is 24.3 Å². The van der Waals surface area contributed by atoms with Crippen molar-refractivity contribution in [2.45, 2.75) is 128 Å². The van der Waals surface area contributed by atoms with Crippen LogP contribution in [0.1, 0.15) is 117 Å². The van der Waals surface area contributed by atoms with Crippen molar-refractivity contribution in [2.24, 2.45) is 0 Å². The quantitative estimate of drug-likeness (QED) is 0.288. The van der Waals surface area contributed by atoms with Gasteiger partial charge in [-0.3, -0.25) is 0 Å². The van der Waals surface area contributed by atoms with E-state index in [1.54, 1.807) is 0 Å². The molecule has 0 amide bonds. The molecule has 25 heavy (non-hydrogen) atoms. The van der Waals surface area contributed by atoms with Gasteiger partial charge in [0.25, 0.3) is 0 Å². The van der Waals surface area contributed by atoms with Crippen molar-refractivity contribution in [1.29, 1.82) is 0 Å². The first-order valence-electron chi connectivity index (χ1n) is 11.3. The lowest BCUT2D eigenvalue weighted by Crippen LogP contribution is -2.45. The summed E-state index contributed by atoms with van der Waals surface area (Å²) in [5.74, 6) is 0. The third-order valence-electron chi connectivity index (χ3n) is 6.10. The number of rotatable bonds is 10. The predicted molar refractivity (Wildman–Crippen MR) is 110 cm³/mol. The van der Waals surface area contributed by atoms with E-state index >= 15 is 0 Å². The highest BCUT2D eigenvalue weighted by Gasteiger charge is 2.40. The number of unbranched alkanes of at least 4 members (excludes halogenated alkanes) is 4. The van der Waals surface area contributed by atoms with Gasteiger partial charge in [-0.1, -0.05) is 102 Å². The van der Waals surface area contributed by atoms with Crippen LogP contribution in [0, 0.1) is 0 Å². The summed E-state index contributed by atoms with van der Waals surface area (Å²) in [7, 11) is 0. The largest absolute Gasteiger partial charge is 0.360 e. The normalized spacial score (nSPS) is 23.4. The predicted octanol–water partition coefficient (Wildman–Crippen LogP) is 7.90. The highest BCUT2D eigenvalue weighted by Crippen LogP contribution is 2.42. The zero-order chi connectivity index (χ0) is 17.8. The van der Waals surface area contributed by atoms with Gasteiger partial charge in [-0.25, -0.2) is 0 Å². The molecule has 0 bridgehead atoms. The van der Waals surface area contributed by atoms with E-state index in [-0.39, 0.29) is 11.2 Å². The Balaban J connectivity index is 2.10. The van der Waals surface area contributed by atoms with Crippen LogP contribution in [0.25, 0.3) is 0 Å². The van der Waals surface area contributed by atoms with E-state index in [0.717, 1.165) is 0 Å². The van der Waals surface area contributed by atoms with Gasteiger partial charge in [0, 0.05) is 0 Å². The van der Waals surface area contributed by atoms with Crippen molar-refractivity contribution < 1.29 is 4.74 Å². The Hall–Kier alpha value is -0.560. The molecule has 0 radical (unpaired) electrons. The highest BCUT2D eigenvalue weighted by molar-refractivity contribution is 5.11. The summed E-state index contributed by atoms with van der Waals surface area (Å²) in [6, 6.07) is 0. The molecule has 1 heteroatoms.